The minimum absolute atomic E-state index is 0.264. The van der Waals surface area contributed by atoms with Gasteiger partial charge in [0.05, 0.1) is 11.8 Å². The molecule has 4 rings (SSSR count). The topological polar surface area (TPSA) is 51.0 Å². The van der Waals surface area contributed by atoms with Crippen LogP contribution >= 0.6 is 0 Å². The molecule has 2 saturated carbocycles. The van der Waals surface area contributed by atoms with Crippen LogP contribution in [0.1, 0.15) is 90.9 Å². The van der Waals surface area contributed by atoms with Gasteiger partial charge >= 0.3 is 0 Å². The van der Waals surface area contributed by atoms with Crippen LogP contribution in [-0.4, -0.2) is 37.9 Å². The maximum absolute atomic E-state index is 12.6. The van der Waals surface area contributed by atoms with E-state index in [9.17, 15) is 4.79 Å². The highest BCUT2D eigenvalue weighted by Crippen LogP contribution is 2.25. The Morgan fingerprint density at radius 2 is 1.69 bits per heavy atom. The first-order valence-electron chi connectivity index (χ1n) is 12.6. The summed E-state index contributed by atoms with van der Waals surface area (Å²) in [6, 6.07) is 4.36. The normalized spacial score (nSPS) is 17.0. The summed E-state index contributed by atoms with van der Waals surface area (Å²) in [6.07, 6.45) is 27.1. The third-order valence-electron chi connectivity index (χ3n) is 6.94. The van der Waals surface area contributed by atoms with Crippen LogP contribution in [0.5, 0.6) is 0 Å². The highest BCUT2D eigenvalue weighted by atomic mass is 16.2. The molecule has 0 N–H and O–H groups in total. The molecule has 5 nitrogen and oxygen atoms in total. The van der Waals surface area contributed by atoms with Gasteiger partial charge in [-0.05, 0) is 37.8 Å². The van der Waals surface area contributed by atoms with Crippen LogP contribution in [0.25, 0.3) is 11.2 Å². The molecule has 0 aromatic carbocycles. The van der Waals surface area contributed by atoms with Crippen LogP contribution in [0.15, 0.2) is 24.7 Å². The van der Waals surface area contributed by atoms with Gasteiger partial charge < -0.3 is 9.47 Å². The third kappa shape index (κ3) is 7.65. The molecule has 0 atom stereocenters. The second-order valence-corrected chi connectivity index (χ2v) is 8.92. The summed E-state index contributed by atoms with van der Waals surface area (Å²) >= 11 is 0. The van der Waals surface area contributed by atoms with Gasteiger partial charge in [0.2, 0.25) is 5.91 Å². The Morgan fingerprint density at radius 1 is 1.03 bits per heavy atom. The van der Waals surface area contributed by atoms with Crippen molar-refractivity contribution in [2.45, 2.75) is 103 Å². The summed E-state index contributed by atoms with van der Waals surface area (Å²) in [6.45, 7) is 5.89. The Morgan fingerprint density at radius 3 is 2.28 bits per heavy atom. The van der Waals surface area contributed by atoms with Crippen LogP contribution in [0.3, 0.4) is 0 Å². The average Bonchev–Trinajstić information content (AvgIpc) is 3.29. The highest BCUT2D eigenvalue weighted by Gasteiger charge is 2.23. The quantitative estimate of drug-likeness (QED) is 0.502. The summed E-state index contributed by atoms with van der Waals surface area (Å²) in [7, 11) is 0. The molecule has 0 saturated heterocycles. The number of hydrogen-bond acceptors (Lipinski definition) is 3. The fourth-order valence-corrected chi connectivity index (χ4v) is 5.06. The Bertz CT molecular complexity index is 800. The molecule has 2 aromatic rings. The molecule has 176 valence electrons. The minimum Gasteiger partial charge on any atom is -0.340 e. The Hall–Kier alpha value is -2.35. The number of terminal acetylenes is 1. The van der Waals surface area contributed by atoms with Crippen molar-refractivity contribution in [2.24, 2.45) is 5.92 Å². The lowest BCUT2D eigenvalue weighted by Crippen LogP contribution is -2.41. The lowest BCUT2D eigenvalue weighted by molar-refractivity contribution is -0.134. The van der Waals surface area contributed by atoms with Gasteiger partial charge in [-0.3, -0.25) is 4.79 Å². The van der Waals surface area contributed by atoms with E-state index < -0.39 is 0 Å². The van der Waals surface area contributed by atoms with Gasteiger partial charge in [-0.2, -0.15) is 0 Å². The Balaban J connectivity index is 0.000000304. The van der Waals surface area contributed by atoms with Crippen LogP contribution in [-0.2, 0) is 11.3 Å². The molecule has 2 aliphatic rings. The SMILES string of the molecule is C#C.CCC1CCCCC1.CCN(C(=O)CCn1cnc2ncccc21)C1CCCCC1. The van der Waals surface area contributed by atoms with E-state index in [0.717, 1.165) is 36.5 Å². The number of carbonyl (C=O) groups excluding carboxylic acids is 1. The summed E-state index contributed by atoms with van der Waals surface area (Å²) in [5, 5.41) is 0. The van der Waals surface area contributed by atoms with E-state index in [1.54, 1.807) is 12.5 Å². The second-order valence-electron chi connectivity index (χ2n) is 8.92. The molecule has 2 aliphatic carbocycles. The van der Waals surface area contributed by atoms with Gasteiger partial charge in [-0.15, -0.1) is 12.8 Å². The van der Waals surface area contributed by atoms with Crippen molar-refractivity contribution in [1.29, 1.82) is 0 Å². The van der Waals surface area contributed by atoms with E-state index >= 15 is 0 Å². The number of amides is 1. The fraction of sp³-hybridized carbons (Fsp3) is 0.667. The van der Waals surface area contributed by atoms with Gasteiger partial charge in [0, 0.05) is 31.7 Å². The number of aryl methyl sites for hydroxylation is 1. The summed E-state index contributed by atoms with van der Waals surface area (Å²) < 4.78 is 2.02. The molecule has 5 heteroatoms. The molecule has 2 heterocycles. The van der Waals surface area contributed by atoms with Crippen molar-refractivity contribution in [3.63, 3.8) is 0 Å². The number of fused-ring (bicyclic) bond motifs is 1. The van der Waals surface area contributed by atoms with E-state index in [0.29, 0.717) is 19.0 Å². The number of hydrogen-bond donors (Lipinski definition) is 0. The van der Waals surface area contributed by atoms with Crippen LogP contribution in [0.2, 0.25) is 0 Å². The first-order valence-corrected chi connectivity index (χ1v) is 12.6. The van der Waals surface area contributed by atoms with Gasteiger partial charge in [0.1, 0.15) is 0 Å². The Kier molecular flexibility index (Phi) is 11.9. The van der Waals surface area contributed by atoms with Gasteiger partial charge in [0.15, 0.2) is 5.65 Å². The molecule has 32 heavy (non-hydrogen) atoms. The molecule has 0 bridgehead atoms. The molecule has 2 aromatic heterocycles. The summed E-state index contributed by atoms with van der Waals surface area (Å²) in [5.74, 6) is 1.35. The van der Waals surface area contributed by atoms with E-state index in [2.05, 4.69) is 41.6 Å². The first-order chi connectivity index (χ1) is 15.7. The van der Waals surface area contributed by atoms with Crippen molar-refractivity contribution in [2.75, 3.05) is 6.54 Å². The van der Waals surface area contributed by atoms with Crippen molar-refractivity contribution in [3.05, 3.63) is 24.7 Å². The third-order valence-corrected chi connectivity index (χ3v) is 6.94. The smallest absolute Gasteiger partial charge is 0.224 e. The average molecular weight is 439 g/mol. The van der Waals surface area contributed by atoms with Crippen molar-refractivity contribution >= 4 is 17.1 Å². The Labute approximate surface area is 195 Å². The van der Waals surface area contributed by atoms with Crippen LogP contribution in [0, 0.1) is 18.8 Å². The zero-order valence-electron chi connectivity index (χ0n) is 20.2. The van der Waals surface area contributed by atoms with Crippen molar-refractivity contribution in [3.8, 4) is 12.8 Å². The second kappa shape index (κ2) is 14.7. The highest BCUT2D eigenvalue weighted by molar-refractivity contribution is 5.77. The molecule has 1 amide bonds. The summed E-state index contributed by atoms with van der Waals surface area (Å²) in [5.41, 5.74) is 1.74. The maximum atomic E-state index is 12.6. The predicted octanol–water partition coefficient (Wildman–Crippen LogP) is 6.23. The number of carbonyl (C=O) groups is 1. The lowest BCUT2D eigenvalue weighted by Gasteiger charge is -2.33. The number of rotatable bonds is 6. The first kappa shape index (κ1) is 25.9. The van der Waals surface area contributed by atoms with E-state index in [1.807, 2.05) is 16.7 Å². The molecule has 0 aliphatic heterocycles. The van der Waals surface area contributed by atoms with E-state index in [1.165, 1.54) is 57.8 Å². The standard InChI is InChI=1S/C17H24N4O.C8H16.C2H2/c1-2-21(14-7-4-3-5-8-14)16(22)10-12-20-13-19-17-15(20)9-6-11-18-17;1-2-8-6-4-3-5-7-8;1-2/h6,9,11,13-14H,2-5,7-8,10,12H2,1H3;8H,2-7H2,1H3;1-2H. The van der Waals surface area contributed by atoms with E-state index in [-0.39, 0.29) is 5.91 Å². The van der Waals surface area contributed by atoms with E-state index in [4.69, 9.17) is 0 Å². The van der Waals surface area contributed by atoms with Crippen LogP contribution in [0.4, 0.5) is 0 Å². The van der Waals surface area contributed by atoms with Crippen LogP contribution < -0.4 is 0 Å². The molecular weight excluding hydrogens is 396 g/mol. The van der Waals surface area contributed by atoms with Crippen molar-refractivity contribution in [1.82, 2.24) is 19.4 Å². The molecule has 0 radical (unpaired) electrons. The van der Waals surface area contributed by atoms with Gasteiger partial charge in [0.25, 0.3) is 0 Å². The predicted molar refractivity (Wildman–Crippen MR) is 133 cm³/mol. The maximum Gasteiger partial charge on any atom is 0.224 e. The molecule has 0 unspecified atom stereocenters. The van der Waals surface area contributed by atoms with Crippen molar-refractivity contribution < 1.29 is 4.79 Å². The molecule has 2 fully saturated rings. The fourth-order valence-electron chi connectivity index (χ4n) is 5.06. The van der Waals surface area contributed by atoms with Gasteiger partial charge in [-0.25, -0.2) is 9.97 Å². The number of aromatic nitrogens is 3. The summed E-state index contributed by atoms with van der Waals surface area (Å²) in [4.78, 5) is 23.2. The largest absolute Gasteiger partial charge is 0.340 e. The molecular formula is C27H42N4O. The lowest BCUT2D eigenvalue weighted by atomic mass is 9.88. The number of imidazole rings is 1. The number of nitrogens with zero attached hydrogens (tertiary/aromatic N) is 4. The zero-order chi connectivity index (χ0) is 23.2. The zero-order valence-corrected chi connectivity index (χ0v) is 20.2. The number of pyridine rings is 1. The minimum atomic E-state index is 0.264. The monoisotopic (exact) mass is 438 g/mol. The molecule has 0 spiro atoms. The van der Waals surface area contributed by atoms with Gasteiger partial charge in [-0.1, -0.05) is 64.7 Å².